The van der Waals surface area contributed by atoms with Crippen molar-refractivity contribution < 1.29 is 29.0 Å². The van der Waals surface area contributed by atoms with E-state index in [1.165, 1.54) is 18.2 Å². The number of methoxy groups -OCH3 is 1. The minimum Gasteiger partial charge on any atom is -0.480 e. The normalized spacial score (nSPS) is 17.3. The zero-order valence-corrected chi connectivity index (χ0v) is 20.1. The standard InChI is InChI=1S/C27H32N2O6/c1-17(34-2)24(25(31)32)29-23(30)14-27(12-7-13-27)16-28-26(33)35-15-22-20-10-5-3-8-18(20)19-9-4-6-11-21(19)22/h3-6,8-11,17,22,24H,7,12-16H2,1-2H3,(H,28,33)(H,29,30)(H,31,32). The van der Waals surface area contributed by atoms with Crippen molar-refractivity contribution in [1.82, 2.24) is 10.6 Å². The first-order valence-electron chi connectivity index (χ1n) is 12.0. The number of carbonyl (C=O) groups is 3. The number of carboxylic acids is 1. The van der Waals surface area contributed by atoms with Gasteiger partial charge < -0.3 is 25.2 Å². The van der Waals surface area contributed by atoms with Crippen LogP contribution in [0.15, 0.2) is 48.5 Å². The summed E-state index contributed by atoms with van der Waals surface area (Å²) in [5.41, 5.74) is 4.23. The van der Waals surface area contributed by atoms with E-state index in [0.717, 1.165) is 30.4 Å². The fraction of sp³-hybridized carbons (Fsp3) is 0.444. The second-order valence-corrected chi connectivity index (χ2v) is 9.53. The van der Waals surface area contributed by atoms with Crippen LogP contribution in [0, 0.1) is 5.41 Å². The molecule has 2 aromatic carbocycles. The highest BCUT2D eigenvalue weighted by Crippen LogP contribution is 2.45. The maximum Gasteiger partial charge on any atom is 0.407 e. The van der Waals surface area contributed by atoms with Gasteiger partial charge in [0.2, 0.25) is 5.91 Å². The molecule has 0 heterocycles. The molecule has 2 aliphatic rings. The van der Waals surface area contributed by atoms with Crippen molar-refractivity contribution in [2.75, 3.05) is 20.3 Å². The molecule has 0 saturated heterocycles. The first kappa shape index (κ1) is 24.7. The smallest absolute Gasteiger partial charge is 0.407 e. The van der Waals surface area contributed by atoms with Crippen molar-refractivity contribution in [3.05, 3.63) is 59.7 Å². The van der Waals surface area contributed by atoms with E-state index in [0.29, 0.717) is 6.54 Å². The Balaban J connectivity index is 1.31. The Kier molecular flexibility index (Phi) is 7.40. The molecule has 0 aromatic heterocycles. The number of aliphatic carboxylic acids is 1. The molecular weight excluding hydrogens is 448 g/mol. The largest absolute Gasteiger partial charge is 0.480 e. The quantitative estimate of drug-likeness (QED) is 0.478. The van der Waals surface area contributed by atoms with Crippen LogP contribution in [-0.4, -0.2) is 55.5 Å². The van der Waals surface area contributed by atoms with Gasteiger partial charge in [0.05, 0.1) is 6.10 Å². The number of alkyl carbamates (subject to hydrolysis) is 1. The number of carboxylic acid groups (broad SMARTS) is 1. The van der Waals surface area contributed by atoms with Crippen LogP contribution < -0.4 is 10.6 Å². The fourth-order valence-corrected chi connectivity index (χ4v) is 5.08. The summed E-state index contributed by atoms with van der Waals surface area (Å²) in [4.78, 5) is 36.6. The number of rotatable bonds is 10. The fourth-order valence-electron chi connectivity index (χ4n) is 5.08. The molecule has 8 heteroatoms. The molecule has 3 N–H and O–H groups in total. The van der Waals surface area contributed by atoms with E-state index < -0.39 is 29.6 Å². The van der Waals surface area contributed by atoms with Gasteiger partial charge >= 0.3 is 12.1 Å². The molecule has 2 amide bonds. The van der Waals surface area contributed by atoms with Crippen LogP contribution in [0.25, 0.3) is 11.1 Å². The molecule has 0 radical (unpaired) electrons. The number of fused-ring (bicyclic) bond motifs is 3. The van der Waals surface area contributed by atoms with E-state index in [1.807, 2.05) is 24.3 Å². The molecule has 1 saturated carbocycles. The Bertz CT molecular complexity index is 1050. The third-order valence-electron chi connectivity index (χ3n) is 7.32. The van der Waals surface area contributed by atoms with Gasteiger partial charge in [0.25, 0.3) is 0 Å². The van der Waals surface area contributed by atoms with Crippen LogP contribution in [0.1, 0.15) is 49.7 Å². The van der Waals surface area contributed by atoms with Crippen LogP contribution in [0.4, 0.5) is 4.79 Å². The lowest BCUT2D eigenvalue weighted by molar-refractivity contribution is -0.146. The van der Waals surface area contributed by atoms with Crippen LogP contribution in [0.3, 0.4) is 0 Å². The van der Waals surface area contributed by atoms with Crippen LogP contribution in [0.5, 0.6) is 0 Å². The predicted molar refractivity (Wildman–Crippen MR) is 130 cm³/mol. The molecule has 186 valence electrons. The van der Waals surface area contributed by atoms with Crippen molar-refractivity contribution >= 4 is 18.0 Å². The Labute approximate surface area is 205 Å². The second-order valence-electron chi connectivity index (χ2n) is 9.53. The van der Waals surface area contributed by atoms with E-state index in [-0.39, 0.29) is 24.9 Å². The Hall–Kier alpha value is -3.39. The molecule has 35 heavy (non-hydrogen) atoms. The number of amides is 2. The summed E-state index contributed by atoms with van der Waals surface area (Å²) in [6.07, 6.45) is 1.47. The summed E-state index contributed by atoms with van der Waals surface area (Å²) in [6.45, 7) is 2.12. The van der Waals surface area contributed by atoms with E-state index in [2.05, 4.69) is 34.9 Å². The summed E-state index contributed by atoms with van der Waals surface area (Å²) in [5, 5.41) is 14.8. The van der Waals surface area contributed by atoms with E-state index in [1.54, 1.807) is 6.92 Å². The first-order chi connectivity index (χ1) is 16.8. The van der Waals surface area contributed by atoms with Gasteiger partial charge in [0, 0.05) is 26.0 Å². The molecule has 2 atom stereocenters. The van der Waals surface area contributed by atoms with E-state index in [9.17, 15) is 19.5 Å². The average molecular weight is 481 g/mol. The summed E-state index contributed by atoms with van der Waals surface area (Å²) < 4.78 is 10.7. The van der Waals surface area contributed by atoms with Gasteiger partial charge in [-0.3, -0.25) is 4.79 Å². The van der Waals surface area contributed by atoms with E-state index in [4.69, 9.17) is 9.47 Å². The highest BCUT2D eigenvalue weighted by atomic mass is 16.5. The highest BCUT2D eigenvalue weighted by molar-refractivity contribution is 5.84. The van der Waals surface area contributed by atoms with Crippen molar-refractivity contribution in [1.29, 1.82) is 0 Å². The van der Waals surface area contributed by atoms with Crippen molar-refractivity contribution in [3.63, 3.8) is 0 Å². The van der Waals surface area contributed by atoms with Crippen LogP contribution >= 0.6 is 0 Å². The minimum absolute atomic E-state index is 0.0210. The molecule has 2 aliphatic carbocycles. The summed E-state index contributed by atoms with van der Waals surface area (Å²) in [5.74, 6) is -1.53. The van der Waals surface area contributed by atoms with Crippen molar-refractivity contribution in [3.8, 4) is 11.1 Å². The average Bonchev–Trinajstić information content (AvgIpc) is 3.15. The van der Waals surface area contributed by atoms with Gasteiger partial charge in [-0.15, -0.1) is 0 Å². The molecule has 8 nitrogen and oxygen atoms in total. The number of benzene rings is 2. The first-order valence-corrected chi connectivity index (χ1v) is 12.0. The van der Waals surface area contributed by atoms with Gasteiger partial charge in [-0.05, 0) is 47.4 Å². The molecule has 0 bridgehead atoms. The molecule has 2 unspecified atom stereocenters. The highest BCUT2D eigenvalue weighted by Gasteiger charge is 2.40. The predicted octanol–water partition coefficient (Wildman–Crippen LogP) is 3.69. The molecule has 4 rings (SSSR count). The van der Waals surface area contributed by atoms with Gasteiger partial charge in [0.15, 0.2) is 6.04 Å². The Morgan fingerprint density at radius 2 is 1.66 bits per heavy atom. The maximum atomic E-state index is 12.6. The lowest BCUT2D eigenvalue weighted by atomic mass is 9.66. The topological polar surface area (TPSA) is 114 Å². The Morgan fingerprint density at radius 1 is 1.06 bits per heavy atom. The van der Waals surface area contributed by atoms with Gasteiger partial charge in [0.1, 0.15) is 6.61 Å². The minimum atomic E-state index is -1.15. The summed E-state index contributed by atoms with van der Waals surface area (Å²) >= 11 is 0. The van der Waals surface area contributed by atoms with Crippen molar-refractivity contribution in [2.45, 2.75) is 50.7 Å². The van der Waals surface area contributed by atoms with Gasteiger partial charge in [-0.1, -0.05) is 55.0 Å². The molecule has 2 aromatic rings. The zero-order valence-electron chi connectivity index (χ0n) is 20.1. The SMILES string of the molecule is COC(C)C(NC(=O)CC1(CNC(=O)OCC2c3ccccc3-c3ccccc32)CCC1)C(=O)O. The monoisotopic (exact) mass is 480 g/mol. The van der Waals surface area contributed by atoms with Crippen molar-refractivity contribution in [2.24, 2.45) is 5.41 Å². The number of ether oxygens (including phenoxy) is 2. The van der Waals surface area contributed by atoms with Gasteiger partial charge in [-0.2, -0.15) is 0 Å². The van der Waals surface area contributed by atoms with Crippen LogP contribution in [0.2, 0.25) is 0 Å². The molecule has 0 aliphatic heterocycles. The van der Waals surface area contributed by atoms with Gasteiger partial charge in [-0.25, -0.2) is 9.59 Å². The second kappa shape index (κ2) is 10.5. The summed E-state index contributed by atoms with van der Waals surface area (Å²) in [6, 6.07) is 15.2. The molecule has 0 spiro atoms. The van der Waals surface area contributed by atoms with Crippen LogP contribution in [-0.2, 0) is 19.1 Å². The lowest BCUT2D eigenvalue weighted by Crippen LogP contribution is -2.51. The number of nitrogens with one attached hydrogen (secondary N) is 2. The maximum absolute atomic E-state index is 12.6. The Morgan fingerprint density at radius 3 is 2.17 bits per heavy atom. The zero-order chi connectivity index (χ0) is 25.0. The third-order valence-corrected chi connectivity index (χ3v) is 7.32. The summed E-state index contributed by atoms with van der Waals surface area (Å²) in [7, 11) is 1.40. The lowest BCUT2D eigenvalue weighted by Gasteiger charge is -2.41. The third kappa shape index (κ3) is 5.32. The number of hydrogen-bond donors (Lipinski definition) is 3. The molecule has 1 fully saturated rings. The number of hydrogen-bond acceptors (Lipinski definition) is 5. The number of carbonyl (C=O) groups excluding carboxylic acids is 2. The van der Waals surface area contributed by atoms with E-state index >= 15 is 0 Å². The molecular formula is C27H32N2O6.